The fourth-order valence-electron chi connectivity index (χ4n) is 2.53. The van der Waals surface area contributed by atoms with E-state index in [1.807, 2.05) is 6.08 Å². The Hall–Kier alpha value is -0.540. The molecule has 0 saturated carbocycles. The number of rotatable bonds is 16. The monoisotopic (exact) mass is 330 g/mol. The van der Waals surface area contributed by atoms with E-state index >= 15 is 0 Å². The van der Waals surface area contributed by atoms with Gasteiger partial charge in [-0.1, -0.05) is 96.5 Å². The summed E-state index contributed by atoms with van der Waals surface area (Å²) in [4.78, 5) is 0. The van der Waals surface area contributed by atoms with Crippen molar-refractivity contribution in [1.82, 2.24) is 0 Å². The van der Waals surface area contributed by atoms with E-state index in [1.54, 1.807) is 0 Å². The van der Waals surface area contributed by atoms with Crippen LogP contribution in [0.4, 0.5) is 0 Å². The molecule has 0 saturated heterocycles. The van der Waals surface area contributed by atoms with E-state index in [-0.39, 0.29) is 13.2 Å². The Kier molecular flexibility index (Phi) is 28.3. The molecule has 0 unspecified atom stereocenters. The molecule has 0 fully saturated rings. The Morgan fingerprint density at radius 2 is 0.913 bits per heavy atom. The van der Waals surface area contributed by atoms with Crippen molar-refractivity contribution in [3.05, 3.63) is 12.3 Å². The van der Waals surface area contributed by atoms with E-state index in [0.29, 0.717) is 0 Å². The molecule has 0 rings (SSSR count). The molecule has 0 aromatic carbocycles. The van der Waals surface area contributed by atoms with Crippen LogP contribution >= 0.6 is 0 Å². The number of allylic oxidation sites excluding steroid dienone is 1. The molecule has 0 aromatic rings. The zero-order valence-electron chi connectivity index (χ0n) is 15.5. The molecule has 3 heteroatoms. The van der Waals surface area contributed by atoms with E-state index in [4.69, 9.17) is 15.3 Å². The fraction of sp³-hybridized carbons (Fsp3) is 0.900. The zero-order chi connectivity index (χ0) is 17.4. The maximum absolute atomic E-state index is 8.49. The van der Waals surface area contributed by atoms with E-state index in [0.717, 1.165) is 6.42 Å². The third kappa shape index (κ3) is 30.0. The summed E-state index contributed by atoms with van der Waals surface area (Å²) in [5, 5.41) is 23.7. The van der Waals surface area contributed by atoms with Crippen molar-refractivity contribution in [1.29, 1.82) is 0 Å². The molecule has 0 aliphatic rings. The molecule has 0 heterocycles. The molecular weight excluding hydrogens is 288 g/mol. The van der Waals surface area contributed by atoms with Crippen LogP contribution in [0, 0.1) is 0 Å². The third-order valence-electron chi connectivity index (χ3n) is 3.93. The minimum atomic E-state index is -0.125. The minimum Gasteiger partial charge on any atom is -0.516 e. The number of hydrogen-bond donors (Lipinski definition) is 3. The highest BCUT2D eigenvalue weighted by molar-refractivity contribution is 4.70. The van der Waals surface area contributed by atoms with Crippen LogP contribution in [0.15, 0.2) is 12.3 Å². The first-order valence-electron chi connectivity index (χ1n) is 9.84. The molecule has 3 N–H and O–H groups in total. The molecule has 0 atom stereocenters. The van der Waals surface area contributed by atoms with Crippen LogP contribution in [0.2, 0.25) is 0 Å². The molecule has 0 radical (unpaired) electrons. The van der Waals surface area contributed by atoms with Gasteiger partial charge in [-0.3, -0.25) is 0 Å². The summed E-state index contributed by atoms with van der Waals surface area (Å²) in [7, 11) is 0. The van der Waals surface area contributed by atoms with Crippen LogP contribution in [-0.2, 0) is 0 Å². The predicted molar refractivity (Wildman–Crippen MR) is 101 cm³/mol. The first-order valence-corrected chi connectivity index (χ1v) is 9.84. The Morgan fingerprint density at radius 3 is 1.22 bits per heavy atom. The number of aliphatic hydroxyl groups is 3. The summed E-state index contributed by atoms with van der Waals surface area (Å²) in [5.74, 6) is 0. The van der Waals surface area contributed by atoms with Crippen LogP contribution < -0.4 is 0 Å². The summed E-state index contributed by atoms with van der Waals surface area (Å²) < 4.78 is 0. The van der Waals surface area contributed by atoms with Gasteiger partial charge in [-0.15, -0.1) is 0 Å². The van der Waals surface area contributed by atoms with Gasteiger partial charge >= 0.3 is 0 Å². The second-order valence-corrected chi connectivity index (χ2v) is 6.22. The van der Waals surface area contributed by atoms with Crippen LogP contribution in [0.25, 0.3) is 0 Å². The molecule has 0 aromatic heterocycles. The van der Waals surface area contributed by atoms with Crippen LogP contribution in [0.5, 0.6) is 0 Å². The Morgan fingerprint density at radius 1 is 0.565 bits per heavy atom. The lowest BCUT2D eigenvalue weighted by Crippen LogP contribution is -1.85. The second kappa shape index (κ2) is 26.4. The molecule has 0 amide bonds. The van der Waals surface area contributed by atoms with E-state index in [2.05, 4.69) is 6.92 Å². The Balaban J connectivity index is 0. The minimum absolute atomic E-state index is 0.125. The smallest absolute Gasteiger partial charge is 0.0751 e. The van der Waals surface area contributed by atoms with Crippen molar-refractivity contribution in [2.45, 2.75) is 103 Å². The summed E-state index contributed by atoms with van der Waals surface area (Å²) in [6.07, 6.45) is 23.7. The van der Waals surface area contributed by atoms with Crippen molar-refractivity contribution >= 4 is 0 Å². The van der Waals surface area contributed by atoms with Gasteiger partial charge in [0, 0.05) is 0 Å². The van der Waals surface area contributed by atoms with Gasteiger partial charge in [0.1, 0.15) is 0 Å². The maximum atomic E-state index is 8.49. The highest BCUT2D eigenvalue weighted by Crippen LogP contribution is 2.13. The first kappa shape index (κ1) is 24.7. The summed E-state index contributed by atoms with van der Waals surface area (Å²) in [5.41, 5.74) is 0. The van der Waals surface area contributed by atoms with Gasteiger partial charge in [0.05, 0.1) is 19.5 Å². The number of aliphatic hydroxyl groups excluding tert-OH is 3. The maximum Gasteiger partial charge on any atom is 0.0751 e. The quantitative estimate of drug-likeness (QED) is 0.244. The van der Waals surface area contributed by atoms with Crippen LogP contribution in [-0.4, -0.2) is 28.5 Å². The summed E-state index contributed by atoms with van der Waals surface area (Å²) in [6.45, 7) is 2.03. The van der Waals surface area contributed by atoms with Gasteiger partial charge in [-0.25, -0.2) is 0 Å². The topological polar surface area (TPSA) is 60.7 Å². The van der Waals surface area contributed by atoms with Gasteiger partial charge in [0.25, 0.3) is 0 Å². The van der Waals surface area contributed by atoms with Crippen LogP contribution in [0.3, 0.4) is 0 Å². The lowest BCUT2D eigenvalue weighted by atomic mass is 10.0. The molecule has 0 aliphatic carbocycles. The van der Waals surface area contributed by atoms with Crippen molar-refractivity contribution in [3.8, 4) is 0 Å². The van der Waals surface area contributed by atoms with Gasteiger partial charge in [-0.2, -0.15) is 0 Å². The van der Waals surface area contributed by atoms with Gasteiger partial charge in [-0.05, 0) is 12.8 Å². The molecule has 3 nitrogen and oxygen atoms in total. The largest absolute Gasteiger partial charge is 0.516 e. The first-order chi connectivity index (χ1) is 11.3. The fourth-order valence-corrected chi connectivity index (χ4v) is 2.53. The second-order valence-electron chi connectivity index (χ2n) is 6.22. The molecule has 0 spiro atoms. The average molecular weight is 331 g/mol. The molecule has 0 aliphatic heterocycles. The highest BCUT2D eigenvalue weighted by Gasteiger charge is 1.93. The average Bonchev–Trinajstić information content (AvgIpc) is 2.58. The zero-order valence-corrected chi connectivity index (χ0v) is 15.5. The van der Waals surface area contributed by atoms with Gasteiger partial charge in [0.15, 0.2) is 0 Å². The summed E-state index contributed by atoms with van der Waals surface area (Å²) >= 11 is 0. The van der Waals surface area contributed by atoms with E-state index < -0.39 is 0 Å². The lowest BCUT2D eigenvalue weighted by Gasteiger charge is -2.02. The van der Waals surface area contributed by atoms with Crippen molar-refractivity contribution in [2.75, 3.05) is 13.2 Å². The molecule has 140 valence electrons. The van der Waals surface area contributed by atoms with E-state index in [1.165, 1.54) is 96.2 Å². The SMILES string of the molecule is CCCCCCCCCCCCCCCC/C=C/O.OCCO. The third-order valence-corrected chi connectivity index (χ3v) is 3.93. The molecule has 23 heavy (non-hydrogen) atoms. The Labute approximate surface area is 144 Å². The lowest BCUT2D eigenvalue weighted by molar-refractivity contribution is 0.186. The normalized spacial score (nSPS) is 10.7. The van der Waals surface area contributed by atoms with Crippen molar-refractivity contribution in [3.63, 3.8) is 0 Å². The van der Waals surface area contributed by atoms with Crippen molar-refractivity contribution in [2.24, 2.45) is 0 Å². The predicted octanol–water partition coefficient (Wildman–Crippen LogP) is 5.90. The molecular formula is C20H42O3. The number of hydrogen-bond acceptors (Lipinski definition) is 3. The standard InChI is InChI=1S/C18H36O.C2H6O2/c1-2-3-4-5-6-7-8-9-10-11-12-13-14-15-16-17-18-19;3-1-2-4/h17-19H,2-16H2,1H3;3-4H,1-2H2/b18-17+;. The summed E-state index contributed by atoms with van der Waals surface area (Å²) in [6, 6.07) is 0. The molecule has 0 bridgehead atoms. The van der Waals surface area contributed by atoms with Crippen molar-refractivity contribution < 1.29 is 15.3 Å². The van der Waals surface area contributed by atoms with Gasteiger partial charge < -0.3 is 15.3 Å². The highest BCUT2D eigenvalue weighted by atomic mass is 16.3. The van der Waals surface area contributed by atoms with Gasteiger partial charge in [0.2, 0.25) is 0 Å². The number of unbranched alkanes of at least 4 members (excludes halogenated alkanes) is 14. The van der Waals surface area contributed by atoms with E-state index in [9.17, 15) is 0 Å². The Bertz CT molecular complexity index is 203. The van der Waals surface area contributed by atoms with Crippen LogP contribution in [0.1, 0.15) is 103 Å².